The van der Waals surface area contributed by atoms with Crippen LogP contribution < -0.4 is 4.90 Å². The molecule has 0 N–H and O–H groups in total. The van der Waals surface area contributed by atoms with Crippen molar-refractivity contribution in [3.05, 3.63) is 64.9 Å². The molecule has 0 radical (unpaired) electrons. The normalized spacial score (nSPS) is 16.6. The number of carbonyl (C=O) groups is 1. The maximum Gasteiger partial charge on any atom is 0.241 e. The molecular formula is C16H13ClFNOS. The molecule has 0 aliphatic carbocycles. The quantitative estimate of drug-likeness (QED) is 0.789. The van der Waals surface area contributed by atoms with E-state index in [9.17, 15) is 9.18 Å². The number of anilines is 1. The summed E-state index contributed by atoms with van der Waals surface area (Å²) in [5.74, 6) is 0.622. The zero-order valence-electron chi connectivity index (χ0n) is 11.1. The lowest BCUT2D eigenvalue weighted by molar-refractivity contribution is -0.117. The Balaban J connectivity index is 1.86. The molecule has 1 aliphatic heterocycles. The molecule has 1 fully saturated rings. The summed E-state index contributed by atoms with van der Waals surface area (Å²) < 4.78 is 13.1. The summed E-state index contributed by atoms with van der Waals surface area (Å²) in [5, 5.41) is 0.693. The van der Waals surface area contributed by atoms with E-state index in [1.165, 1.54) is 12.1 Å². The van der Waals surface area contributed by atoms with Gasteiger partial charge < -0.3 is 4.90 Å². The van der Waals surface area contributed by atoms with Gasteiger partial charge in [-0.2, -0.15) is 0 Å². The number of hydrogen-bond donors (Lipinski definition) is 0. The Morgan fingerprint density at radius 3 is 2.38 bits per heavy atom. The molecule has 0 bridgehead atoms. The highest BCUT2D eigenvalue weighted by atomic mass is 35.5. The van der Waals surface area contributed by atoms with E-state index in [2.05, 4.69) is 0 Å². The van der Waals surface area contributed by atoms with Crippen molar-refractivity contribution >= 4 is 35.0 Å². The fourth-order valence-corrected chi connectivity index (χ4v) is 2.69. The summed E-state index contributed by atoms with van der Waals surface area (Å²) >= 11 is 7.51. The highest BCUT2D eigenvalue weighted by molar-refractivity contribution is 8.07. The van der Waals surface area contributed by atoms with Crippen molar-refractivity contribution in [1.29, 1.82) is 0 Å². The molecular weight excluding hydrogens is 309 g/mol. The predicted octanol–water partition coefficient (Wildman–Crippen LogP) is 4.13. The van der Waals surface area contributed by atoms with Crippen LogP contribution in [0.2, 0.25) is 5.02 Å². The van der Waals surface area contributed by atoms with E-state index in [1.54, 1.807) is 40.9 Å². The lowest BCUT2D eigenvalue weighted by atomic mass is 10.2. The third-order valence-electron chi connectivity index (χ3n) is 3.27. The zero-order valence-corrected chi connectivity index (χ0v) is 12.7. The number of nitrogens with zero attached hydrogens (tertiary/aromatic N) is 1. The molecule has 1 heterocycles. The Hall–Kier alpha value is -1.52. The molecule has 3 rings (SSSR count). The molecule has 2 aromatic rings. The number of thioether (sulfide) groups is 1. The van der Waals surface area contributed by atoms with Gasteiger partial charge in [-0.25, -0.2) is 4.39 Å². The second-order valence-electron chi connectivity index (χ2n) is 4.85. The van der Waals surface area contributed by atoms with E-state index in [4.69, 9.17) is 11.6 Å². The molecule has 21 heavy (non-hydrogen) atoms. The number of halogens is 2. The average molecular weight is 322 g/mol. The van der Waals surface area contributed by atoms with Gasteiger partial charge in [0.2, 0.25) is 5.91 Å². The first-order chi connectivity index (χ1) is 10.1. The molecule has 1 saturated heterocycles. The topological polar surface area (TPSA) is 20.3 Å². The van der Waals surface area contributed by atoms with Gasteiger partial charge in [0.1, 0.15) is 5.82 Å². The van der Waals surface area contributed by atoms with Crippen LogP contribution in [0.4, 0.5) is 10.1 Å². The largest absolute Gasteiger partial charge is 0.307 e. The van der Waals surface area contributed by atoms with Gasteiger partial charge in [0.05, 0.1) is 11.8 Å². The van der Waals surface area contributed by atoms with Crippen LogP contribution in [0.1, 0.15) is 5.56 Å². The first kappa shape index (κ1) is 14.4. The van der Waals surface area contributed by atoms with Crippen LogP contribution in [-0.4, -0.2) is 16.9 Å². The van der Waals surface area contributed by atoms with Gasteiger partial charge in [0.25, 0.3) is 0 Å². The molecule has 0 unspecified atom stereocenters. The van der Waals surface area contributed by atoms with Gasteiger partial charge in [0.15, 0.2) is 0 Å². The van der Waals surface area contributed by atoms with Crippen LogP contribution in [0.15, 0.2) is 48.5 Å². The van der Waals surface area contributed by atoms with E-state index in [-0.39, 0.29) is 17.0 Å². The number of rotatable bonds is 4. The van der Waals surface area contributed by atoms with Crippen molar-refractivity contribution in [1.82, 2.24) is 0 Å². The zero-order chi connectivity index (χ0) is 14.8. The molecule has 1 atom stereocenters. The van der Waals surface area contributed by atoms with E-state index in [1.807, 2.05) is 12.1 Å². The first-order valence-electron chi connectivity index (χ1n) is 6.56. The Morgan fingerprint density at radius 2 is 1.81 bits per heavy atom. The fourth-order valence-electron chi connectivity index (χ4n) is 2.05. The molecule has 108 valence electrons. The molecule has 5 heteroatoms. The number of amides is 1. The molecule has 0 aromatic heterocycles. The SMILES string of the molecule is O=C([C@@H]1CS1)N(Cc1ccc(Cl)cc1)c1ccc(F)cc1. The fraction of sp³-hybridized carbons (Fsp3) is 0.188. The Kier molecular flexibility index (Phi) is 4.17. The van der Waals surface area contributed by atoms with Crippen LogP contribution in [-0.2, 0) is 11.3 Å². The van der Waals surface area contributed by atoms with Crippen LogP contribution in [0.25, 0.3) is 0 Å². The smallest absolute Gasteiger partial charge is 0.241 e. The highest BCUT2D eigenvalue weighted by Crippen LogP contribution is 2.34. The second kappa shape index (κ2) is 6.08. The van der Waals surface area contributed by atoms with Crippen LogP contribution in [0.3, 0.4) is 0 Å². The Morgan fingerprint density at radius 1 is 1.19 bits per heavy atom. The molecule has 0 spiro atoms. The van der Waals surface area contributed by atoms with E-state index >= 15 is 0 Å². The number of hydrogen-bond acceptors (Lipinski definition) is 2. The van der Waals surface area contributed by atoms with Crippen molar-refractivity contribution in [2.45, 2.75) is 11.8 Å². The summed E-state index contributed by atoms with van der Waals surface area (Å²) in [4.78, 5) is 14.1. The van der Waals surface area contributed by atoms with Crippen molar-refractivity contribution in [3.63, 3.8) is 0 Å². The van der Waals surface area contributed by atoms with Crippen LogP contribution in [0.5, 0.6) is 0 Å². The van der Waals surface area contributed by atoms with Crippen LogP contribution in [0, 0.1) is 5.82 Å². The average Bonchev–Trinajstić information content (AvgIpc) is 3.32. The predicted molar refractivity (Wildman–Crippen MR) is 85.3 cm³/mol. The van der Waals surface area contributed by atoms with Gasteiger partial charge in [-0.05, 0) is 42.0 Å². The van der Waals surface area contributed by atoms with Crippen molar-refractivity contribution in [2.24, 2.45) is 0 Å². The third-order valence-corrected chi connectivity index (χ3v) is 4.39. The van der Waals surface area contributed by atoms with E-state index in [0.717, 1.165) is 11.3 Å². The van der Waals surface area contributed by atoms with Gasteiger partial charge in [-0.1, -0.05) is 23.7 Å². The minimum atomic E-state index is -0.307. The first-order valence-corrected chi connectivity index (χ1v) is 7.99. The molecule has 2 aromatic carbocycles. The van der Waals surface area contributed by atoms with Gasteiger partial charge in [-0.15, -0.1) is 11.8 Å². The summed E-state index contributed by atoms with van der Waals surface area (Å²) in [6, 6.07) is 13.4. The van der Waals surface area contributed by atoms with Crippen LogP contribution >= 0.6 is 23.4 Å². The standard InChI is InChI=1S/C16H13ClFNOS/c17-12-3-1-11(2-4-12)9-19(16(20)15-10-21-15)14-7-5-13(18)6-8-14/h1-8,15H,9-10H2/t15-/m0/s1. The second-order valence-corrected chi connectivity index (χ2v) is 6.52. The van der Waals surface area contributed by atoms with E-state index < -0.39 is 0 Å². The molecule has 0 saturated carbocycles. The van der Waals surface area contributed by atoms with Gasteiger partial charge >= 0.3 is 0 Å². The molecule has 1 amide bonds. The maximum absolute atomic E-state index is 13.1. The number of carbonyl (C=O) groups excluding carboxylic acids is 1. The third kappa shape index (κ3) is 3.57. The minimum absolute atomic E-state index is 0.0300. The molecule has 2 nitrogen and oxygen atoms in total. The highest BCUT2D eigenvalue weighted by Gasteiger charge is 2.35. The summed E-state index contributed by atoms with van der Waals surface area (Å²) in [5.41, 5.74) is 1.70. The van der Waals surface area contributed by atoms with Gasteiger partial charge in [0, 0.05) is 16.5 Å². The lowest BCUT2D eigenvalue weighted by Crippen LogP contribution is -2.33. The van der Waals surface area contributed by atoms with Crippen molar-refractivity contribution in [2.75, 3.05) is 10.7 Å². The monoisotopic (exact) mass is 321 g/mol. The Bertz CT molecular complexity index is 640. The summed E-state index contributed by atoms with van der Waals surface area (Å²) in [6.45, 7) is 0.457. The van der Waals surface area contributed by atoms with Crippen molar-refractivity contribution in [3.8, 4) is 0 Å². The Labute approximate surface area is 131 Å². The molecule has 1 aliphatic rings. The van der Waals surface area contributed by atoms with E-state index in [0.29, 0.717) is 17.3 Å². The van der Waals surface area contributed by atoms with Crippen molar-refractivity contribution < 1.29 is 9.18 Å². The maximum atomic E-state index is 13.1. The minimum Gasteiger partial charge on any atom is -0.307 e. The number of benzene rings is 2. The van der Waals surface area contributed by atoms with Gasteiger partial charge in [-0.3, -0.25) is 4.79 Å². The summed E-state index contributed by atoms with van der Waals surface area (Å²) in [6.07, 6.45) is 0. The summed E-state index contributed by atoms with van der Waals surface area (Å²) in [7, 11) is 0. The lowest BCUT2D eigenvalue weighted by Gasteiger charge is -2.22.